The number of nitrogens with one attached hydrogen (secondary N) is 1. The van der Waals surface area contributed by atoms with E-state index in [4.69, 9.17) is 0 Å². The highest BCUT2D eigenvalue weighted by Crippen LogP contribution is 2.43. The second kappa shape index (κ2) is 6.40. The molecule has 1 fully saturated rings. The summed E-state index contributed by atoms with van der Waals surface area (Å²) in [5, 5.41) is 3.01. The molecule has 0 saturated heterocycles. The van der Waals surface area contributed by atoms with E-state index in [1.165, 1.54) is 24.1 Å². The number of rotatable bonds is 5. The van der Waals surface area contributed by atoms with Crippen LogP contribution in [0.4, 0.5) is 0 Å². The zero-order valence-electron chi connectivity index (χ0n) is 13.7. The SMILES string of the molecule is CS(=O)(=O)c1ccc(C(=O)NCC2(c3ccccc3)CCC2)cc1. The van der Waals surface area contributed by atoms with Gasteiger partial charge in [-0.1, -0.05) is 36.8 Å². The van der Waals surface area contributed by atoms with Gasteiger partial charge in [-0.3, -0.25) is 4.79 Å². The van der Waals surface area contributed by atoms with Gasteiger partial charge in [-0.15, -0.1) is 0 Å². The third kappa shape index (κ3) is 3.36. The lowest BCUT2D eigenvalue weighted by molar-refractivity contribution is 0.0927. The Bertz CT molecular complexity index is 823. The summed E-state index contributed by atoms with van der Waals surface area (Å²) in [7, 11) is -3.24. The fourth-order valence-corrected chi connectivity index (χ4v) is 3.80. The van der Waals surface area contributed by atoms with Crippen molar-refractivity contribution in [2.75, 3.05) is 12.8 Å². The average Bonchev–Trinajstić information content (AvgIpc) is 2.54. The normalized spacial score (nSPS) is 16.2. The zero-order valence-corrected chi connectivity index (χ0v) is 14.5. The summed E-state index contributed by atoms with van der Waals surface area (Å²) in [5.41, 5.74) is 1.78. The number of sulfone groups is 1. The number of carbonyl (C=O) groups excluding carboxylic acids is 1. The molecule has 0 aliphatic heterocycles. The van der Waals surface area contributed by atoms with E-state index in [2.05, 4.69) is 17.4 Å². The lowest BCUT2D eigenvalue weighted by Crippen LogP contribution is -2.45. The third-order valence-electron chi connectivity index (χ3n) is 4.83. The predicted molar refractivity (Wildman–Crippen MR) is 93.9 cm³/mol. The Morgan fingerprint density at radius 3 is 2.17 bits per heavy atom. The van der Waals surface area contributed by atoms with Gasteiger partial charge in [0.25, 0.3) is 5.91 Å². The van der Waals surface area contributed by atoms with Crippen LogP contribution in [0, 0.1) is 0 Å². The molecule has 3 rings (SSSR count). The molecule has 2 aromatic rings. The number of benzene rings is 2. The molecule has 0 atom stereocenters. The van der Waals surface area contributed by atoms with Gasteiger partial charge in [-0.05, 0) is 42.7 Å². The standard InChI is InChI=1S/C19H21NO3S/c1-24(22,23)17-10-8-15(9-11-17)18(21)20-14-19(12-5-13-19)16-6-3-2-4-7-16/h2-4,6-11H,5,12-14H2,1H3,(H,20,21). The summed E-state index contributed by atoms with van der Waals surface area (Å²) in [6.45, 7) is 0.601. The molecule has 1 amide bonds. The first kappa shape index (κ1) is 16.7. The van der Waals surface area contributed by atoms with Gasteiger partial charge in [-0.2, -0.15) is 0 Å². The molecule has 0 radical (unpaired) electrons. The third-order valence-corrected chi connectivity index (χ3v) is 5.96. The molecule has 0 bridgehead atoms. The summed E-state index contributed by atoms with van der Waals surface area (Å²) < 4.78 is 22.9. The van der Waals surface area contributed by atoms with E-state index in [0.717, 1.165) is 19.1 Å². The molecule has 24 heavy (non-hydrogen) atoms. The monoisotopic (exact) mass is 343 g/mol. The molecule has 4 nitrogen and oxygen atoms in total. The largest absolute Gasteiger partial charge is 0.351 e. The summed E-state index contributed by atoms with van der Waals surface area (Å²) in [6.07, 6.45) is 4.48. The first-order chi connectivity index (χ1) is 11.4. The van der Waals surface area contributed by atoms with Crippen molar-refractivity contribution >= 4 is 15.7 Å². The van der Waals surface area contributed by atoms with E-state index in [1.807, 2.05) is 18.2 Å². The van der Waals surface area contributed by atoms with Gasteiger partial charge >= 0.3 is 0 Å². The highest BCUT2D eigenvalue weighted by atomic mass is 32.2. The minimum atomic E-state index is -3.24. The molecule has 5 heteroatoms. The van der Waals surface area contributed by atoms with Crippen LogP contribution in [0.1, 0.15) is 35.2 Å². The lowest BCUT2D eigenvalue weighted by Gasteiger charge is -2.42. The van der Waals surface area contributed by atoms with Gasteiger partial charge in [0.15, 0.2) is 9.84 Å². The van der Waals surface area contributed by atoms with E-state index in [-0.39, 0.29) is 16.2 Å². The molecule has 1 saturated carbocycles. The van der Waals surface area contributed by atoms with Crippen molar-refractivity contribution in [2.24, 2.45) is 0 Å². The molecular formula is C19H21NO3S. The summed E-state index contributed by atoms with van der Waals surface area (Å²) >= 11 is 0. The van der Waals surface area contributed by atoms with Gasteiger partial charge in [0, 0.05) is 23.8 Å². The topological polar surface area (TPSA) is 63.2 Å². The van der Waals surface area contributed by atoms with Crippen LogP contribution in [-0.2, 0) is 15.3 Å². The number of hydrogen-bond acceptors (Lipinski definition) is 3. The number of amides is 1. The Kier molecular flexibility index (Phi) is 4.45. The molecular weight excluding hydrogens is 322 g/mol. The van der Waals surface area contributed by atoms with Crippen LogP contribution in [0.15, 0.2) is 59.5 Å². The first-order valence-electron chi connectivity index (χ1n) is 8.05. The second-order valence-corrected chi connectivity index (χ2v) is 8.49. The van der Waals surface area contributed by atoms with Crippen molar-refractivity contribution in [1.29, 1.82) is 0 Å². The van der Waals surface area contributed by atoms with E-state index in [1.54, 1.807) is 12.1 Å². The molecule has 0 unspecified atom stereocenters. The van der Waals surface area contributed by atoms with Crippen molar-refractivity contribution < 1.29 is 13.2 Å². The number of hydrogen-bond donors (Lipinski definition) is 1. The summed E-state index contributed by atoms with van der Waals surface area (Å²) in [4.78, 5) is 12.6. The molecule has 2 aromatic carbocycles. The first-order valence-corrected chi connectivity index (χ1v) is 9.94. The van der Waals surface area contributed by atoms with Crippen LogP contribution in [-0.4, -0.2) is 27.1 Å². The van der Waals surface area contributed by atoms with Crippen molar-refractivity contribution in [3.05, 3.63) is 65.7 Å². The zero-order chi connectivity index (χ0) is 17.2. The van der Waals surface area contributed by atoms with Crippen molar-refractivity contribution in [1.82, 2.24) is 5.32 Å². The highest BCUT2D eigenvalue weighted by molar-refractivity contribution is 7.90. The van der Waals surface area contributed by atoms with E-state index >= 15 is 0 Å². The van der Waals surface area contributed by atoms with E-state index in [0.29, 0.717) is 12.1 Å². The van der Waals surface area contributed by atoms with Crippen molar-refractivity contribution in [2.45, 2.75) is 29.6 Å². The number of carbonyl (C=O) groups is 1. The van der Waals surface area contributed by atoms with Crippen LogP contribution in [0.5, 0.6) is 0 Å². The van der Waals surface area contributed by atoms with E-state index in [9.17, 15) is 13.2 Å². The fraction of sp³-hybridized carbons (Fsp3) is 0.316. The highest BCUT2D eigenvalue weighted by Gasteiger charge is 2.38. The van der Waals surface area contributed by atoms with Crippen molar-refractivity contribution in [3.63, 3.8) is 0 Å². The van der Waals surface area contributed by atoms with Crippen LogP contribution in [0.2, 0.25) is 0 Å². The van der Waals surface area contributed by atoms with Gasteiger partial charge in [0.05, 0.1) is 4.90 Å². The Morgan fingerprint density at radius 1 is 1.04 bits per heavy atom. The Labute approximate surface area is 142 Å². The summed E-state index contributed by atoms with van der Waals surface area (Å²) in [5.74, 6) is -0.169. The molecule has 0 spiro atoms. The fourth-order valence-electron chi connectivity index (χ4n) is 3.17. The minimum absolute atomic E-state index is 0.0314. The van der Waals surface area contributed by atoms with Crippen LogP contribution >= 0.6 is 0 Å². The lowest BCUT2D eigenvalue weighted by atomic mass is 9.64. The molecule has 0 aromatic heterocycles. The van der Waals surface area contributed by atoms with Crippen molar-refractivity contribution in [3.8, 4) is 0 Å². The van der Waals surface area contributed by atoms with Gasteiger partial charge in [0.2, 0.25) is 0 Å². The van der Waals surface area contributed by atoms with Gasteiger partial charge in [0.1, 0.15) is 0 Å². The second-order valence-electron chi connectivity index (χ2n) is 6.48. The van der Waals surface area contributed by atoms with Crippen LogP contribution < -0.4 is 5.32 Å². The molecule has 1 aliphatic carbocycles. The molecule has 1 N–H and O–H groups in total. The minimum Gasteiger partial charge on any atom is -0.351 e. The van der Waals surface area contributed by atoms with Crippen LogP contribution in [0.25, 0.3) is 0 Å². The Morgan fingerprint density at radius 2 is 1.67 bits per heavy atom. The molecule has 1 aliphatic rings. The Balaban J connectivity index is 1.69. The van der Waals surface area contributed by atoms with Gasteiger partial charge < -0.3 is 5.32 Å². The quantitative estimate of drug-likeness (QED) is 0.908. The summed E-state index contributed by atoms with van der Waals surface area (Å²) in [6, 6.07) is 16.4. The smallest absolute Gasteiger partial charge is 0.251 e. The van der Waals surface area contributed by atoms with E-state index < -0.39 is 9.84 Å². The average molecular weight is 343 g/mol. The maximum atomic E-state index is 12.4. The maximum absolute atomic E-state index is 12.4. The Hall–Kier alpha value is -2.14. The molecule has 0 heterocycles. The molecule has 126 valence electrons. The maximum Gasteiger partial charge on any atom is 0.251 e. The van der Waals surface area contributed by atoms with Crippen LogP contribution in [0.3, 0.4) is 0 Å². The predicted octanol–water partition coefficient (Wildman–Crippen LogP) is 2.94. The van der Waals surface area contributed by atoms with Gasteiger partial charge in [-0.25, -0.2) is 8.42 Å².